The van der Waals surface area contributed by atoms with Crippen molar-refractivity contribution in [3.05, 3.63) is 24.3 Å². The number of fused-ring (bicyclic) bond motifs is 1. The molecule has 0 unspecified atom stereocenters. The first-order valence-electron chi connectivity index (χ1n) is 4.54. The molecule has 0 atom stereocenters. The van der Waals surface area contributed by atoms with Crippen molar-refractivity contribution in [2.45, 2.75) is 11.1 Å². The molecule has 0 saturated heterocycles. The van der Waals surface area contributed by atoms with Gasteiger partial charge < -0.3 is 5.32 Å². The SMILES string of the molecule is CSc1cc2cc(NC(C)=O)ccc2s1. The molecular formula is C11H11NOS2. The number of thiophene rings is 1. The fourth-order valence-electron chi connectivity index (χ4n) is 1.40. The first-order chi connectivity index (χ1) is 7.19. The second-order valence-corrected chi connectivity index (χ2v) is 5.39. The first-order valence-corrected chi connectivity index (χ1v) is 6.58. The minimum Gasteiger partial charge on any atom is -0.326 e. The van der Waals surface area contributed by atoms with Crippen LogP contribution in [0.5, 0.6) is 0 Å². The van der Waals surface area contributed by atoms with Crippen LogP contribution in [0, 0.1) is 0 Å². The van der Waals surface area contributed by atoms with Gasteiger partial charge in [-0.1, -0.05) is 0 Å². The van der Waals surface area contributed by atoms with Gasteiger partial charge in [0, 0.05) is 17.3 Å². The molecule has 4 heteroatoms. The number of carbonyl (C=O) groups is 1. The Morgan fingerprint density at radius 1 is 1.40 bits per heavy atom. The second-order valence-electron chi connectivity index (χ2n) is 3.20. The Kier molecular flexibility index (Phi) is 2.98. The van der Waals surface area contributed by atoms with Gasteiger partial charge in [-0.05, 0) is 35.9 Å². The molecule has 0 saturated carbocycles. The average Bonchev–Trinajstić information content (AvgIpc) is 2.58. The molecule has 2 rings (SSSR count). The van der Waals surface area contributed by atoms with Crippen molar-refractivity contribution in [3.63, 3.8) is 0 Å². The Bertz CT molecular complexity index is 504. The van der Waals surface area contributed by atoms with Crippen LogP contribution in [-0.2, 0) is 4.79 Å². The third kappa shape index (κ3) is 2.33. The summed E-state index contributed by atoms with van der Waals surface area (Å²) in [5.41, 5.74) is 0.862. The van der Waals surface area contributed by atoms with E-state index < -0.39 is 0 Å². The van der Waals surface area contributed by atoms with E-state index in [2.05, 4.69) is 17.6 Å². The van der Waals surface area contributed by atoms with Gasteiger partial charge in [-0.25, -0.2) is 0 Å². The maximum absolute atomic E-state index is 10.9. The van der Waals surface area contributed by atoms with Crippen LogP contribution in [0.15, 0.2) is 28.5 Å². The van der Waals surface area contributed by atoms with Gasteiger partial charge in [-0.3, -0.25) is 4.79 Å². The van der Waals surface area contributed by atoms with Gasteiger partial charge >= 0.3 is 0 Å². The number of anilines is 1. The molecule has 78 valence electrons. The van der Waals surface area contributed by atoms with E-state index >= 15 is 0 Å². The Morgan fingerprint density at radius 3 is 2.87 bits per heavy atom. The van der Waals surface area contributed by atoms with Crippen LogP contribution in [0.4, 0.5) is 5.69 Å². The van der Waals surface area contributed by atoms with Crippen LogP contribution >= 0.6 is 23.1 Å². The zero-order valence-electron chi connectivity index (χ0n) is 8.53. The molecule has 0 bridgehead atoms. The van der Waals surface area contributed by atoms with E-state index in [0.717, 1.165) is 5.69 Å². The van der Waals surface area contributed by atoms with Crippen molar-refractivity contribution in [2.24, 2.45) is 0 Å². The summed E-state index contributed by atoms with van der Waals surface area (Å²) in [6.45, 7) is 1.52. The van der Waals surface area contributed by atoms with E-state index in [1.54, 1.807) is 23.1 Å². The summed E-state index contributed by atoms with van der Waals surface area (Å²) in [5.74, 6) is -0.0327. The third-order valence-electron chi connectivity index (χ3n) is 2.02. The van der Waals surface area contributed by atoms with E-state index in [0.29, 0.717) is 0 Å². The van der Waals surface area contributed by atoms with Gasteiger partial charge in [-0.15, -0.1) is 23.1 Å². The van der Waals surface area contributed by atoms with E-state index in [1.165, 1.54) is 21.2 Å². The molecule has 2 aromatic rings. The molecule has 1 aromatic carbocycles. The van der Waals surface area contributed by atoms with Gasteiger partial charge in [0.1, 0.15) is 0 Å². The summed E-state index contributed by atoms with van der Waals surface area (Å²) < 4.78 is 2.55. The van der Waals surface area contributed by atoms with Crippen LogP contribution < -0.4 is 5.32 Å². The molecule has 15 heavy (non-hydrogen) atoms. The van der Waals surface area contributed by atoms with Crippen LogP contribution in [0.1, 0.15) is 6.92 Å². The Morgan fingerprint density at radius 2 is 2.20 bits per heavy atom. The molecule has 0 radical (unpaired) electrons. The van der Waals surface area contributed by atoms with Gasteiger partial charge in [-0.2, -0.15) is 0 Å². The van der Waals surface area contributed by atoms with Gasteiger partial charge in [0.15, 0.2) is 0 Å². The van der Waals surface area contributed by atoms with Crippen molar-refractivity contribution in [1.29, 1.82) is 0 Å². The number of thioether (sulfide) groups is 1. The lowest BCUT2D eigenvalue weighted by atomic mass is 10.2. The molecule has 0 aliphatic rings. The highest BCUT2D eigenvalue weighted by Gasteiger charge is 2.02. The largest absolute Gasteiger partial charge is 0.326 e. The smallest absolute Gasteiger partial charge is 0.221 e. The Labute approximate surface area is 96.7 Å². The second kappa shape index (κ2) is 4.24. The number of nitrogens with one attached hydrogen (secondary N) is 1. The minimum atomic E-state index is -0.0327. The van der Waals surface area contributed by atoms with Crippen molar-refractivity contribution in [2.75, 3.05) is 11.6 Å². The molecule has 0 fully saturated rings. The summed E-state index contributed by atoms with van der Waals surface area (Å²) in [5, 5.41) is 3.97. The summed E-state index contributed by atoms with van der Waals surface area (Å²) in [4.78, 5) is 10.9. The number of rotatable bonds is 2. The van der Waals surface area contributed by atoms with Crippen LogP contribution in [-0.4, -0.2) is 12.2 Å². The molecule has 0 spiro atoms. The highest BCUT2D eigenvalue weighted by molar-refractivity contribution is 8.00. The van der Waals surface area contributed by atoms with E-state index in [1.807, 2.05) is 18.2 Å². The van der Waals surface area contributed by atoms with Crippen LogP contribution in [0.25, 0.3) is 10.1 Å². The predicted octanol–water partition coefficient (Wildman–Crippen LogP) is 3.58. The predicted molar refractivity (Wildman–Crippen MR) is 67.9 cm³/mol. The van der Waals surface area contributed by atoms with Gasteiger partial charge in [0.25, 0.3) is 0 Å². The molecule has 1 heterocycles. The van der Waals surface area contributed by atoms with Gasteiger partial charge in [0.2, 0.25) is 5.91 Å². The number of hydrogen-bond donors (Lipinski definition) is 1. The topological polar surface area (TPSA) is 29.1 Å². The Hall–Kier alpha value is -1.00. The quantitative estimate of drug-likeness (QED) is 0.809. The highest BCUT2D eigenvalue weighted by atomic mass is 32.2. The maximum Gasteiger partial charge on any atom is 0.221 e. The van der Waals surface area contributed by atoms with E-state index in [-0.39, 0.29) is 5.91 Å². The zero-order valence-corrected chi connectivity index (χ0v) is 10.2. The molecule has 1 N–H and O–H groups in total. The molecule has 0 aliphatic heterocycles. The van der Waals surface area contributed by atoms with Crippen molar-refractivity contribution in [3.8, 4) is 0 Å². The lowest BCUT2D eigenvalue weighted by Crippen LogP contribution is -2.05. The normalized spacial score (nSPS) is 10.5. The summed E-state index contributed by atoms with van der Waals surface area (Å²) in [6.07, 6.45) is 2.07. The standard InChI is InChI=1S/C11H11NOS2/c1-7(13)12-9-3-4-10-8(5-9)6-11(14-2)15-10/h3-6H,1-2H3,(H,12,13). The zero-order chi connectivity index (χ0) is 10.8. The third-order valence-corrected chi connectivity index (χ3v) is 4.20. The molecule has 0 aliphatic carbocycles. The maximum atomic E-state index is 10.9. The Balaban J connectivity index is 2.41. The number of amides is 1. The van der Waals surface area contributed by atoms with Crippen molar-refractivity contribution < 1.29 is 4.79 Å². The van der Waals surface area contributed by atoms with Crippen molar-refractivity contribution >= 4 is 44.8 Å². The highest BCUT2D eigenvalue weighted by Crippen LogP contribution is 2.32. The summed E-state index contributed by atoms with van der Waals surface area (Å²) in [6, 6.07) is 8.14. The molecule has 1 aromatic heterocycles. The lowest BCUT2D eigenvalue weighted by molar-refractivity contribution is -0.114. The van der Waals surface area contributed by atoms with Crippen LogP contribution in [0.3, 0.4) is 0 Å². The average molecular weight is 237 g/mol. The van der Waals surface area contributed by atoms with Crippen LogP contribution in [0.2, 0.25) is 0 Å². The van der Waals surface area contributed by atoms with Crippen molar-refractivity contribution in [1.82, 2.24) is 0 Å². The lowest BCUT2D eigenvalue weighted by Gasteiger charge is -2.00. The number of hydrogen-bond acceptors (Lipinski definition) is 3. The minimum absolute atomic E-state index is 0.0327. The first kappa shape index (κ1) is 10.5. The van der Waals surface area contributed by atoms with Gasteiger partial charge in [0.05, 0.1) is 4.21 Å². The fourth-order valence-corrected chi connectivity index (χ4v) is 3.02. The summed E-state index contributed by atoms with van der Waals surface area (Å²) >= 11 is 3.52. The monoisotopic (exact) mass is 237 g/mol. The number of carbonyl (C=O) groups excluding carboxylic acids is 1. The van der Waals surface area contributed by atoms with E-state index in [4.69, 9.17) is 0 Å². The molecule has 1 amide bonds. The number of benzene rings is 1. The molecular weight excluding hydrogens is 226 g/mol. The summed E-state index contributed by atoms with van der Waals surface area (Å²) in [7, 11) is 0. The molecule has 2 nitrogen and oxygen atoms in total. The van der Waals surface area contributed by atoms with E-state index in [9.17, 15) is 4.79 Å². The fraction of sp³-hybridized carbons (Fsp3) is 0.182.